The molecule has 0 aliphatic heterocycles. The van der Waals surface area contributed by atoms with E-state index < -0.39 is 24.5 Å². The Balaban J connectivity index is 1.66. The summed E-state index contributed by atoms with van der Waals surface area (Å²) in [7, 11) is 1.18. The summed E-state index contributed by atoms with van der Waals surface area (Å²) in [6, 6.07) is 9.32. The molecule has 0 saturated carbocycles. The molecular weight excluding hydrogens is 433 g/mol. The van der Waals surface area contributed by atoms with Crippen LogP contribution in [0.1, 0.15) is 11.1 Å². The second-order valence-electron chi connectivity index (χ2n) is 6.45. The normalized spacial score (nSPS) is 11.9. The molecule has 1 aromatic heterocycles. The van der Waals surface area contributed by atoms with E-state index in [1.165, 1.54) is 13.4 Å². The van der Waals surface area contributed by atoms with Crippen molar-refractivity contribution in [3.63, 3.8) is 0 Å². The predicted molar refractivity (Wildman–Crippen MR) is 112 cm³/mol. The highest BCUT2D eigenvalue weighted by atomic mass is 35.5. The zero-order chi connectivity index (χ0) is 21.7. The maximum atomic E-state index is 12.2. The van der Waals surface area contributed by atoms with Crippen LogP contribution >= 0.6 is 23.2 Å². The van der Waals surface area contributed by atoms with Crippen LogP contribution in [-0.2, 0) is 27.4 Å². The molecular formula is C21H19Cl2NO6. The first-order valence-electron chi connectivity index (χ1n) is 8.96. The van der Waals surface area contributed by atoms with Gasteiger partial charge in [-0.25, -0.2) is 4.79 Å². The molecule has 1 heterocycles. The monoisotopic (exact) mass is 451 g/mol. The van der Waals surface area contributed by atoms with Crippen LogP contribution in [0.15, 0.2) is 47.1 Å². The lowest BCUT2D eigenvalue weighted by atomic mass is 10.1. The van der Waals surface area contributed by atoms with E-state index in [0.717, 1.165) is 10.9 Å². The number of nitrogens with one attached hydrogen (secondary N) is 1. The van der Waals surface area contributed by atoms with Crippen LogP contribution in [0.25, 0.3) is 11.0 Å². The minimum atomic E-state index is -1.11. The average Bonchev–Trinajstić information content (AvgIpc) is 3.12. The fraction of sp³-hybridized carbons (Fsp3) is 0.238. The molecule has 1 unspecified atom stereocenters. The molecule has 3 aromatic rings. The number of benzene rings is 2. The predicted octanol–water partition coefficient (Wildman–Crippen LogP) is 3.51. The maximum absolute atomic E-state index is 12.2. The van der Waals surface area contributed by atoms with E-state index >= 15 is 0 Å². The largest absolute Gasteiger partial charge is 0.489 e. The molecule has 0 radical (unpaired) electrons. The Hall–Kier alpha value is -2.74. The highest BCUT2D eigenvalue weighted by molar-refractivity contribution is 6.35. The number of rotatable bonds is 8. The Bertz CT molecular complexity index is 1060. The van der Waals surface area contributed by atoms with Gasteiger partial charge in [0, 0.05) is 32.6 Å². The molecule has 7 nitrogen and oxygen atoms in total. The molecule has 0 fully saturated rings. The van der Waals surface area contributed by atoms with Crippen LogP contribution in [0, 0.1) is 0 Å². The van der Waals surface area contributed by atoms with Gasteiger partial charge in [-0.05, 0) is 24.3 Å². The molecule has 158 valence electrons. The fourth-order valence-electron chi connectivity index (χ4n) is 2.83. The Morgan fingerprint density at radius 1 is 1.17 bits per heavy atom. The van der Waals surface area contributed by atoms with Gasteiger partial charge in [0.25, 0.3) is 0 Å². The second-order valence-corrected chi connectivity index (χ2v) is 7.29. The van der Waals surface area contributed by atoms with Crippen molar-refractivity contribution in [2.45, 2.75) is 19.1 Å². The lowest BCUT2D eigenvalue weighted by molar-refractivity contribution is -0.146. The molecule has 3 rings (SSSR count). The van der Waals surface area contributed by atoms with E-state index in [0.29, 0.717) is 26.9 Å². The summed E-state index contributed by atoms with van der Waals surface area (Å²) in [6.07, 6.45) is 1.44. The zero-order valence-corrected chi connectivity index (χ0v) is 17.5. The van der Waals surface area contributed by atoms with Crippen LogP contribution < -0.4 is 10.1 Å². The topological polar surface area (TPSA) is 98.0 Å². The summed E-state index contributed by atoms with van der Waals surface area (Å²) in [5.74, 6) is -0.588. The number of esters is 1. The Morgan fingerprint density at radius 3 is 2.67 bits per heavy atom. The quantitative estimate of drug-likeness (QED) is 0.508. The number of carbonyl (C=O) groups is 2. The van der Waals surface area contributed by atoms with Gasteiger partial charge in [-0.3, -0.25) is 4.79 Å². The van der Waals surface area contributed by atoms with Gasteiger partial charge in [-0.15, -0.1) is 0 Å². The van der Waals surface area contributed by atoms with Gasteiger partial charge < -0.3 is 24.3 Å². The van der Waals surface area contributed by atoms with E-state index in [4.69, 9.17) is 32.4 Å². The number of methoxy groups -OCH3 is 1. The Kier molecular flexibility index (Phi) is 7.20. The van der Waals surface area contributed by atoms with Crippen molar-refractivity contribution in [3.05, 3.63) is 63.8 Å². The number of furan rings is 1. The standard InChI is InChI=1S/C21H19Cl2NO6/c1-28-21(27)18(9-25)24-20(26)6-13-11-30-19-8-15(4-5-16(13)19)29-10-12-2-3-14(22)7-17(12)23/h2-5,7-8,11,18,25H,6,9-10H2,1H3,(H,24,26). The highest BCUT2D eigenvalue weighted by Gasteiger charge is 2.21. The first kappa shape index (κ1) is 22.0. The minimum Gasteiger partial charge on any atom is -0.489 e. The van der Waals surface area contributed by atoms with Crippen molar-refractivity contribution in [3.8, 4) is 5.75 Å². The van der Waals surface area contributed by atoms with E-state index in [1.54, 1.807) is 36.4 Å². The third kappa shape index (κ3) is 5.24. The molecule has 30 heavy (non-hydrogen) atoms. The van der Waals surface area contributed by atoms with Crippen LogP contribution in [0.4, 0.5) is 0 Å². The summed E-state index contributed by atoms with van der Waals surface area (Å²) in [5.41, 5.74) is 1.97. The molecule has 9 heteroatoms. The van der Waals surface area contributed by atoms with Crippen molar-refractivity contribution in [2.24, 2.45) is 0 Å². The molecule has 0 saturated heterocycles. The van der Waals surface area contributed by atoms with E-state index in [9.17, 15) is 14.7 Å². The number of hydrogen-bond donors (Lipinski definition) is 2. The van der Waals surface area contributed by atoms with Crippen LogP contribution in [0.5, 0.6) is 5.75 Å². The average molecular weight is 452 g/mol. The minimum absolute atomic E-state index is 0.0267. The van der Waals surface area contributed by atoms with E-state index in [2.05, 4.69) is 10.1 Å². The van der Waals surface area contributed by atoms with Crippen molar-refractivity contribution >= 4 is 46.0 Å². The molecule has 0 spiro atoms. The number of aliphatic hydroxyl groups is 1. The lowest BCUT2D eigenvalue weighted by Gasteiger charge is -2.13. The summed E-state index contributed by atoms with van der Waals surface area (Å²) in [4.78, 5) is 23.7. The molecule has 1 atom stereocenters. The van der Waals surface area contributed by atoms with Crippen LogP contribution in [0.3, 0.4) is 0 Å². The molecule has 2 aromatic carbocycles. The smallest absolute Gasteiger partial charge is 0.330 e. The van der Waals surface area contributed by atoms with Gasteiger partial charge in [0.1, 0.15) is 17.9 Å². The van der Waals surface area contributed by atoms with E-state index in [-0.39, 0.29) is 13.0 Å². The summed E-state index contributed by atoms with van der Waals surface area (Å²) in [6.45, 7) is -0.295. The second kappa shape index (κ2) is 9.84. The van der Waals surface area contributed by atoms with Crippen LogP contribution in [-0.4, -0.2) is 36.7 Å². The van der Waals surface area contributed by atoms with Gasteiger partial charge in [-0.2, -0.15) is 0 Å². The number of aliphatic hydroxyl groups excluding tert-OH is 1. The van der Waals surface area contributed by atoms with Crippen molar-refractivity contribution in [1.29, 1.82) is 0 Å². The molecule has 0 bridgehead atoms. The zero-order valence-electron chi connectivity index (χ0n) is 16.0. The number of carbonyl (C=O) groups excluding carboxylic acids is 2. The maximum Gasteiger partial charge on any atom is 0.330 e. The first-order valence-corrected chi connectivity index (χ1v) is 9.71. The van der Waals surface area contributed by atoms with Crippen LogP contribution in [0.2, 0.25) is 10.0 Å². The third-order valence-corrected chi connectivity index (χ3v) is 4.98. The number of hydrogen-bond acceptors (Lipinski definition) is 6. The van der Waals surface area contributed by atoms with Gasteiger partial charge in [0.15, 0.2) is 6.04 Å². The first-order chi connectivity index (χ1) is 14.4. The summed E-state index contributed by atoms with van der Waals surface area (Å²) in [5, 5.41) is 13.4. The molecule has 1 amide bonds. The number of amides is 1. The molecule has 0 aliphatic rings. The van der Waals surface area contributed by atoms with Crippen molar-refractivity contribution in [2.75, 3.05) is 13.7 Å². The van der Waals surface area contributed by atoms with Crippen molar-refractivity contribution < 1.29 is 28.6 Å². The third-order valence-electron chi connectivity index (χ3n) is 4.39. The van der Waals surface area contributed by atoms with Gasteiger partial charge in [-0.1, -0.05) is 29.3 Å². The Morgan fingerprint density at radius 2 is 1.97 bits per heavy atom. The number of halogens is 2. The Labute approximate surface area is 182 Å². The summed E-state index contributed by atoms with van der Waals surface area (Å²) < 4.78 is 15.8. The SMILES string of the molecule is COC(=O)C(CO)NC(=O)Cc1coc2cc(OCc3ccc(Cl)cc3Cl)ccc12. The van der Waals surface area contributed by atoms with E-state index in [1.807, 2.05) is 0 Å². The fourth-order valence-corrected chi connectivity index (χ4v) is 3.29. The lowest BCUT2D eigenvalue weighted by Crippen LogP contribution is -2.44. The van der Waals surface area contributed by atoms with Gasteiger partial charge in [0.2, 0.25) is 5.91 Å². The number of fused-ring (bicyclic) bond motifs is 1. The van der Waals surface area contributed by atoms with Gasteiger partial charge >= 0.3 is 5.97 Å². The highest BCUT2D eigenvalue weighted by Crippen LogP contribution is 2.28. The van der Waals surface area contributed by atoms with Gasteiger partial charge in [0.05, 0.1) is 26.4 Å². The number of ether oxygens (including phenoxy) is 2. The molecule has 2 N–H and O–H groups in total. The summed E-state index contributed by atoms with van der Waals surface area (Å²) >= 11 is 12.0. The van der Waals surface area contributed by atoms with Crippen molar-refractivity contribution in [1.82, 2.24) is 5.32 Å². The molecule has 0 aliphatic carbocycles.